The molecule has 1 aromatic carbocycles. The lowest BCUT2D eigenvalue weighted by Crippen LogP contribution is -2.53. The fraction of sp³-hybridized carbons (Fsp3) is 0.647. The van der Waals surface area contributed by atoms with Crippen molar-refractivity contribution in [1.82, 2.24) is 4.90 Å². The summed E-state index contributed by atoms with van der Waals surface area (Å²) in [5, 5.41) is 11.0. The molecule has 2 nitrogen and oxygen atoms in total. The molecule has 2 fully saturated rings. The molecule has 0 aromatic heterocycles. The summed E-state index contributed by atoms with van der Waals surface area (Å²) in [5.41, 5.74) is 1.11. The molecular formula is C17H26ClNO. The molecule has 0 radical (unpaired) electrons. The first-order valence-electron chi connectivity index (χ1n) is 7.81. The second-order valence-electron chi connectivity index (χ2n) is 6.17. The number of piperidine rings is 1. The lowest BCUT2D eigenvalue weighted by molar-refractivity contribution is -0.0405. The van der Waals surface area contributed by atoms with E-state index in [1.165, 1.54) is 45.2 Å². The van der Waals surface area contributed by atoms with Crippen molar-refractivity contribution < 1.29 is 5.11 Å². The van der Waals surface area contributed by atoms with Crippen LogP contribution < -0.4 is 0 Å². The maximum Gasteiger partial charge on any atom is 0.0973 e. The van der Waals surface area contributed by atoms with Crippen LogP contribution in [-0.2, 0) is 0 Å². The number of aliphatic hydroxyl groups is 1. The molecule has 1 heterocycles. The Labute approximate surface area is 128 Å². The maximum atomic E-state index is 11.0. The summed E-state index contributed by atoms with van der Waals surface area (Å²) in [6, 6.07) is 10.3. The Kier molecular flexibility index (Phi) is 5.48. The molecule has 1 saturated heterocycles. The molecular weight excluding hydrogens is 270 g/mol. The first-order chi connectivity index (χ1) is 9.33. The van der Waals surface area contributed by atoms with E-state index in [9.17, 15) is 5.11 Å². The lowest BCUT2D eigenvalue weighted by atomic mass is 9.83. The number of rotatable bonds is 3. The van der Waals surface area contributed by atoms with Gasteiger partial charge in [-0.25, -0.2) is 0 Å². The van der Waals surface area contributed by atoms with Gasteiger partial charge in [0.15, 0.2) is 0 Å². The summed E-state index contributed by atoms with van der Waals surface area (Å²) in [5.74, 6) is 0. The van der Waals surface area contributed by atoms with Crippen LogP contribution >= 0.6 is 12.4 Å². The molecule has 1 aromatic rings. The number of benzene rings is 1. The third-order valence-electron chi connectivity index (χ3n) is 5.08. The fourth-order valence-corrected chi connectivity index (χ4v) is 4.03. The van der Waals surface area contributed by atoms with E-state index in [4.69, 9.17) is 0 Å². The molecule has 2 aliphatic rings. The van der Waals surface area contributed by atoms with Gasteiger partial charge in [-0.1, -0.05) is 49.6 Å². The minimum absolute atomic E-state index is 0. The van der Waals surface area contributed by atoms with Gasteiger partial charge in [-0.15, -0.1) is 12.4 Å². The van der Waals surface area contributed by atoms with Crippen molar-refractivity contribution in [1.29, 1.82) is 0 Å². The van der Waals surface area contributed by atoms with Crippen molar-refractivity contribution in [3.63, 3.8) is 0 Å². The Hall–Kier alpha value is -0.570. The van der Waals surface area contributed by atoms with Gasteiger partial charge in [0, 0.05) is 0 Å². The quantitative estimate of drug-likeness (QED) is 0.913. The summed E-state index contributed by atoms with van der Waals surface area (Å²) in [4.78, 5) is 2.60. The number of nitrogens with zero attached hydrogens (tertiary/aromatic N) is 1. The van der Waals surface area contributed by atoms with Crippen molar-refractivity contribution in [2.24, 2.45) is 0 Å². The van der Waals surface area contributed by atoms with Gasteiger partial charge in [0.25, 0.3) is 0 Å². The summed E-state index contributed by atoms with van der Waals surface area (Å²) < 4.78 is 0. The Morgan fingerprint density at radius 2 is 1.50 bits per heavy atom. The Balaban J connectivity index is 0.00000147. The number of aliphatic hydroxyl groups excluding tert-OH is 1. The zero-order valence-electron chi connectivity index (χ0n) is 12.1. The van der Waals surface area contributed by atoms with Crippen LogP contribution in [0, 0.1) is 0 Å². The van der Waals surface area contributed by atoms with E-state index in [1.54, 1.807) is 0 Å². The van der Waals surface area contributed by atoms with Gasteiger partial charge in [-0.2, -0.15) is 0 Å². The van der Waals surface area contributed by atoms with Crippen LogP contribution in [0.25, 0.3) is 0 Å². The van der Waals surface area contributed by atoms with Gasteiger partial charge < -0.3 is 5.11 Å². The molecule has 3 rings (SSSR count). The van der Waals surface area contributed by atoms with Crippen LogP contribution in [-0.4, -0.2) is 28.6 Å². The molecule has 20 heavy (non-hydrogen) atoms. The molecule has 0 bridgehead atoms. The normalized spacial score (nSPS) is 24.1. The van der Waals surface area contributed by atoms with Crippen molar-refractivity contribution in [3.8, 4) is 0 Å². The fourth-order valence-electron chi connectivity index (χ4n) is 4.03. The Bertz CT molecular complexity index is 397. The number of hydrogen-bond acceptors (Lipinski definition) is 2. The van der Waals surface area contributed by atoms with E-state index in [-0.39, 0.29) is 24.0 Å². The van der Waals surface area contributed by atoms with Gasteiger partial charge in [0.1, 0.15) is 0 Å². The third-order valence-corrected chi connectivity index (χ3v) is 5.08. The van der Waals surface area contributed by atoms with Crippen LogP contribution in [0.5, 0.6) is 0 Å². The molecule has 1 unspecified atom stereocenters. The highest BCUT2D eigenvalue weighted by molar-refractivity contribution is 5.85. The monoisotopic (exact) mass is 295 g/mol. The SMILES string of the molecule is Cl.OC(c1ccccc1)C1(N2CCCCC2)CCCC1. The number of hydrogen-bond donors (Lipinski definition) is 1. The second-order valence-corrected chi connectivity index (χ2v) is 6.17. The first kappa shape index (κ1) is 15.8. The predicted octanol–water partition coefficient (Wildman–Crippen LogP) is 3.94. The zero-order valence-corrected chi connectivity index (χ0v) is 12.9. The predicted molar refractivity (Wildman–Crippen MR) is 85.3 cm³/mol. The summed E-state index contributed by atoms with van der Waals surface area (Å²) in [6.45, 7) is 2.34. The van der Waals surface area contributed by atoms with E-state index < -0.39 is 0 Å². The van der Waals surface area contributed by atoms with Gasteiger partial charge in [-0.05, 0) is 44.3 Å². The minimum Gasteiger partial charge on any atom is -0.386 e. The molecule has 3 heteroatoms. The molecule has 1 N–H and O–H groups in total. The molecule has 1 atom stereocenters. The van der Waals surface area contributed by atoms with Gasteiger partial charge in [0.05, 0.1) is 11.6 Å². The van der Waals surface area contributed by atoms with Crippen LogP contribution in [0.2, 0.25) is 0 Å². The highest BCUT2D eigenvalue weighted by Gasteiger charge is 2.45. The average molecular weight is 296 g/mol. The standard InChI is InChI=1S/C17H25NO.ClH/c19-16(15-9-3-1-4-10-15)17(11-5-6-12-17)18-13-7-2-8-14-18;/h1,3-4,9-10,16,19H,2,5-8,11-14H2;1H. The van der Waals surface area contributed by atoms with Crippen LogP contribution in [0.4, 0.5) is 0 Å². The summed E-state index contributed by atoms with van der Waals surface area (Å²) >= 11 is 0. The third kappa shape index (κ3) is 2.88. The van der Waals surface area contributed by atoms with Gasteiger partial charge in [-0.3, -0.25) is 4.90 Å². The van der Waals surface area contributed by atoms with Crippen molar-refractivity contribution in [2.75, 3.05) is 13.1 Å². The molecule has 1 aliphatic carbocycles. The minimum atomic E-state index is -0.325. The smallest absolute Gasteiger partial charge is 0.0973 e. The van der Waals surface area contributed by atoms with Crippen LogP contribution in [0.3, 0.4) is 0 Å². The van der Waals surface area contributed by atoms with E-state index in [0.717, 1.165) is 18.4 Å². The highest BCUT2D eigenvalue weighted by Crippen LogP contribution is 2.45. The van der Waals surface area contributed by atoms with E-state index >= 15 is 0 Å². The second kappa shape index (κ2) is 6.93. The van der Waals surface area contributed by atoms with Crippen molar-refractivity contribution in [2.45, 2.75) is 56.6 Å². The number of halogens is 1. The van der Waals surface area contributed by atoms with Gasteiger partial charge >= 0.3 is 0 Å². The average Bonchev–Trinajstić information content (AvgIpc) is 2.99. The van der Waals surface area contributed by atoms with Crippen molar-refractivity contribution in [3.05, 3.63) is 35.9 Å². The van der Waals surface area contributed by atoms with E-state index in [0.29, 0.717) is 0 Å². The van der Waals surface area contributed by atoms with E-state index in [1.807, 2.05) is 18.2 Å². The van der Waals surface area contributed by atoms with Crippen molar-refractivity contribution >= 4 is 12.4 Å². The lowest BCUT2D eigenvalue weighted by Gasteiger charge is -2.46. The summed E-state index contributed by atoms with van der Waals surface area (Å²) in [6.07, 6.45) is 8.46. The molecule has 0 spiro atoms. The number of likely N-dealkylation sites (tertiary alicyclic amines) is 1. The largest absolute Gasteiger partial charge is 0.386 e. The summed E-state index contributed by atoms with van der Waals surface area (Å²) in [7, 11) is 0. The van der Waals surface area contributed by atoms with E-state index in [2.05, 4.69) is 17.0 Å². The van der Waals surface area contributed by atoms with Gasteiger partial charge in [0.2, 0.25) is 0 Å². The van der Waals surface area contributed by atoms with Crippen LogP contribution in [0.15, 0.2) is 30.3 Å². The zero-order chi connectivity index (χ0) is 13.1. The molecule has 1 saturated carbocycles. The first-order valence-corrected chi connectivity index (χ1v) is 7.81. The molecule has 0 amide bonds. The Morgan fingerprint density at radius 1 is 0.900 bits per heavy atom. The van der Waals surface area contributed by atoms with Crippen LogP contribution in [0.1, 0.15) is 56.6 Å². The highest BCUT2D eigenvalue weighted by atomic mass is 35.5. The maximum absolute atomic E-state index is 11.0. The Morgan fingerprint density at radius 3 is 2.10 bits per heavy atom. The topological polar surface area (TPSA) is 23.5 Å². The molecule has 1 aliphatic heterocycles. The molecule has 112 valence electrons.